The van der Waals surface area contributed by atoms with E-state index in [9.17, 15) is 5.11 Å². The molecule has 0 spiro atoms. The van der Waals surface area contributed by atoms with E-state index in [1.807, 2.05) is 0 Å². The maximum atomic E-state index is 9.28. The number of allylic oxidation sites excluding steroid dienone is 2. The Balaban J connectivity index is 2.31. The molecule has 11 heavy (non-hydrogen) atoms. The summed E-state index contributed by atoms with van der Waals surface area (Å²) >= 11 is 0. The minimum Gasteiger partial charge on any atom is -0.396 e. The molecule has 0 saturated heterocycles. The van der Waals surface area contributed by atoms with Crippen LogP contribution in [0.1, 0.15) is 20.3 Å². The molecule has 62 valence electrons. The van der Waals surface area contributed by atoms with Crippen LogP contribution in [0.15, 0.2) is 12.2 Å². The van der Waals surface area contributed by atoms with Gasteiger partial charge in [0.2, 0.25) is 0 Å². The summed E-state index contributed by atoms with van der Waals surface area (Å²) in [5.74, 6) is 2.06. The van der Waals surface area contributed by atoms with E-state index in [0.717, 1.165) is 5.92 Å². The van der Waals surface area contributed by atoms with Gasteiger partial charge in [-0.15, -0.1) is 0 Å². The van der Waals surface area contributed by atoms with Gasteiger partial charge in [-0.25, -0.2) is 0 Å². The van der Waals surface area contributed by atoms with Gasteiger partial charge in [0.1, 0.15) is 0 Å². The van der Waals surface area contributed by atoms with Crippen molar-refractivity contribution in [1.82, 2.24) is 0 Å². The highest BCUT2D eigenvalue weighted by atomic mass is 16.3. The van der Waals surface area contributed by atoms with Gasteiger partial charge in [0.05, 0.1) is 0 Å². The van der Waals surface area contributed by atoms with Crippen molar-refractivity contribution in [2.75, 3.05) is 6.61 Å². The zero-order valence-corrected chi connectivity index (χ0v) is 7.25. The molecule has 1 nitrogen and oxygen atoms in total. The maximum Gasteiger partial charge on any atom is 0.0493 e. The molecule has 2 bridgehead atoms. The van der Waals surface area contributed by atoms with Crippen molar-refractivity contribution in [1.29, 1.82) is 0 Å². The Hall–Kier alpha value is -0.300. The molecule has 0 heterocycles. The van der Waals surface area contributed by atoms with Gasteiger partial charge in [0.15, 0.2) is 0 Å². The molecule has 0 amide bonds. The predicted molar refractivity (Wildman–Crippen MR) is 45.1 cm³/mol. The highest BCUT2D eigenvalue weighted by Crippen LogP contribution is 2.55. The Morgan fingerprint density at radius 3 is 2.64 bits per heavy atom. The van der Waals surface area contributed by atoms with Gasteiger partial charge < -0.3 is 5.11 Å². The first-order valence-electron chi connectivity index (χ1n) is 4.47. The van der Waals surface area contributed by atoms with Crippen molar-refractivity contribution in [2.45, 2.75) is 20.3 Å². The van der Waals surface area contributed by atoms with Gasteiger partial charge in [-0.05, 0) is 24.2 Å². The molecule has 0 aromatic carbocycles. The Bertz CT molecular complexity index is 197. The van der Waals surface area contributed by atoms with Crippen LogP contribution in [0.2, 0.25) is 0 Å². The second kappa shape index (κ2) is 2.10. The molecule has 2 rings (SSSR count). The zero-order chi connectivity index (χ0) is 8.06. The van der Waals surface area contributed by atoms with E-state index in [1.165, 1.54) is 6.42 Å². The van der Waals surface area contributed by atoms with Crippen molar-refractivity contribution in [3.63, 3.8) is 0 Å². The first-order valence-corrected chi connectivity index (χ1v) is 4.47. The summed E-state index contributed by atoms with van der Waals surface area (Å²) in [6.45, 7) is 4.83. The van der Waals surface area contributed by atoms with Gasteiger partial charge >= 0.3 is 0 Å². The van der Waals surface area contributed by atoms with Gasteiger partial charge in [-0.2, -0.15) is 0 Å². The summed E-state index contributed by atoms with van der Waals surface area (Å²) in [5.41, 5.74) is 0.180. The Kier molecular flexibility index (Phi) is 1.40. The molecule has 2 aliphatic rings. The smallest absolute Gasteiger partial charge is 0.0493 e. The van der Waals surface area contributed by atoms with Crippen molar-refractivity contribution in [3.8, 4) is 0 Å². The molecule has 1 fully saturated rings. The molecule has 0 radical (unpaired) electrons. The van der Waals surface area contributed by atoms with Gasteiger partial charge in [-0.1, -0.05) is 26.0 Å². The van der Waals surface area contributed by atoms with Crippen LogP contribution in [-0.4, -0.2) is 11.7 Å². The monoisotopic (exact) mass is 152 g/mol. The van der Waals surface area contributed by atoms with Crippen LogP contribution >= 0.6 is 0 Å². The lowest BCUT2D eigenvalue weighted by Gasteiger charge is -2.35. The molecular formula is C10H16O. The van der Waals surface area contributed by atoms with Gasteiger partial charge in [0, 0.05) is 12.0 Å². The topological polar surface area (TPSA) is 20.2 Å². The lowest BCUT2D eigenvalue weighted by molar-refractivity contribution is 0.0740. The summed E-state index contributed by atoms with van der Waals surface area (Å²) in [7, 11) is 0. The van der Waals surface area contributed by atoms with E-state index in [1.54, 1.807) is 0 Å². The molecule has 0 aliphatic heterocycles. The third-order valence-electron chi connectivity index (χ3n) is 3.99. The molecule has 1 heteroatoms. The number of fused-ring (bicyclic) bond motifs is 2. The van der Waals surface area contributed by atoms with Crippen LogP contribution in [0.3, 0.4) is 0 Å². The van der Waals surface area contributed by atoms with Gasteiger partial charge in [0.25, 0.3) is 0 Å². The van der Waals surface area contributed by atoms with E-state index in [0.29, 0.717) is 18.4 Å². The van der Waals surface area contributed by atoms with Crippen LogP contribution < -0.4 is 0 Å². The number of aliphatic hydroxyl groups is 1. The third kappa shape index (κ3) is 0.750. The van der Waals surface area contributed by atoms with Gasteiger partial charge in [-0.3, -0.25) is 0 Å². The van der Waals surface area contributed by atoms with Crippen molar-refractivity contribution >= 4 is 0 Å². The predicted octanol–water partition coefficient (Wildman–Crippen LogP) is 1.83. The van der Waals surface area contributed by atoms with E-state index in [4.69, 9.17) is 0 Å². The summed E-state index contributed by atoms with van der Waals surface area (Å²) in [4.78, 5) is 0. The van der Waals surface area contributed by atoms with E-state index in [-0.39, 0.29) is 5.41 Å². The Labute approximate surface area is 68.1 Å². The molecule has 4 atom stereocenters. The van der Waals surface area contributed by atoms with Crippen molar-refractivity contribution in [3.05, 3.63) is 12.2 Å². The minimum absolute atomic E-state index is 0.180. The number of aliphatic hydroxyl groups excluding tert-OH is 1. The summed E-state index contributed by atoms with van der Waals surface area (Å²) < 4.78 is 0. The Morgan fingerprint density at radius 1 is 1.55 bits per heavy atom. The van der Waals surface area contributed by atoms with Crippen LogP contribution in [0.25, 0.3) is 0 Å². The molecular weight excluding hydrogens is 136 g/mol. The fourth-order valence-corrected chi connectivity index (χ4v) is 2.67. The molecule has 4 unspecified atom stereocenters. The Morgan fingerprint density at radius 2 is 2.27 bits per heavy atom. The van der Waals surface area contributed by atoms with Crippen LogP contribution in [-0.2, 0) is 0 Å². The number of rotatable bonds is 1. The zero-order valence-electron chi connectivity index (χ0n) is 7.25. The summed E-state index contributed by atoms with van der Waals surface area (Å²) in [6, 6.07) is 0. The maximum absolute atomic E-state index is 9.28. The second-order valence-electron chi connectivity index (χ2n) is 4.34. The minimum atomic E-state index is 0.180. The highest BCUT2D eigenvalue weighted by Gasteiger charge is 2.50. The number of hydrogen-bond donors (Lipinski definition) is 1. The van der Waals surface area contributed by atoms with Crippen LogP contribution in [0, 0.1) is 23.2 Å². The highest BCUT2D eigenvalue weighted by molar-refractivity contribution is 5.16. The second-order valence-corrected chi connectivity index (χ2v) is 4.34. The SMILES string of the molecule is CC1C2C=CC(C2)C1(C)CO. The standard InChI is InChI=1S/C10H16O/c1-7-8-3-4-9(5-8)10(7,2)6-11/h3-4,7-9,11H,5-6H2,1-2H3. The average Bonchev–Trinajstić information content (AvgIpc) is 2.56. The normalized spacial score (nSPS) is 53.9. The molecule has 0 aromatic heterocycles. The van der Waals surface area contributed by atoms with Crippen molar-refractivity contribution in [2.24, 2.45) is 23.2 Å². The third-order valence-corrected chi connectivity index (χ3v) is 3.99. The molecule has 1 saturated carbocycles. The molecule has 1 N–H and O–H groups in total. The quantitative estimate of drug-likeness (QED) is 0.568. The fourth-order valence-electron chi connectivity index (χ4n) is 2.67. The first kappa shape index (κ1) is 7.35. The number of hydrogen-bond acceptors (Lipinski definition) is 1. The average molecular weight is 152 g/mol. The van der Waals surface area contributed by atoms with E-state index >= 15 is 0 Å². The summed E-state index contributed by atoms with van der Waals surface area (Å²) in [5, 5.41) is 9.28. The fraction of sp³-hybridized carbons (Fsp3) is 0.800. The van der Waals surface area contributed by atoms with Crippen molar-refractivity contribution < 1.29 is 5.11 Å². The first-order chi connectivity index (χ1) is 5.18. The van der Waals surface area contributed by atoms with E-state index in [2.05, 4.69) is 26.0 Å². The molecule has 0 aromatic rings. The van der Waals surface area contributed by atoms with E-state index < -0.39 is 0 Å². The molecule has 2 aliphatic carbocycles. The van der Waals surface area contributed by atoms with Crippen LogP contribution in [0.5, 0.6) is 0 Å². The van der Waals surface area contributed by atoms with Crippen LogP contribution in [0.4, 0.5) is 0 Å². The lowest BCUT2D eigenvalue weighted by atomic mass is 9.71. The summed E-state index contributed by atoms with van der Waals surface area (Å²) in [6.07, 6.45) is 5.89. The largest absolute Gasteiger partial charge is 0.396 e. The lowest BCUT2D eigenvalue weighted by Crippen LogP contribution is -2.33.